The van der Waals surface area contributed by atoms with Gasteiger partial charge in [0.25, 0.3) is 5.91 Å². The van der Waals surface area contributed by atoms with Crippen molar-refractivity contribution in [1.82, 2.24) is 5.43 Å². The molecule has 2 aromatic carbocycles. The average Bonchev–Trinajstić information content (AvgIpc) is 2.55. The predicted octanol–water partition coefficient (Wildman–Crippen LogP) is 3.20. The Kier molecular flexibility index (Phi) is 5.66. The molecule has 23 heavy (non-hydrogen) atoms. The summed E-state index contributed by atoms with van der Waals surface area (Å²) in [6.07, 6.45) is 4.43. The van der Waals surface area contributed by atoms with Gasteiger partial charge in [0.15, 0.2) is 0 Å². The van der Waals surface area contributed by atoms with Crippen LogP contribution in [0.15, 0.2) is 59.7 Å². The number of hydrazone groups is 1. The highest BCUT2D eigenvalue weighted by Crippen LogP contribution is 2.10. The van der Waals surface area contributed by atoms with Gasteiger partial charge in [0.1, 0.15) is 0 Å². The van der Waals surface area contributed by atoms with E-state index < -0.39 is 5.97 Å². The Morgan fingerprint density at radius 3 is 2.22 bits per heavy atom. The predicted molar refractivity (Wildman–Crippen MR) is 89.6 cm³/mol. The second-order valence-electron chi connectivity index (χ2n) is 4.55. The Morgan fingerprint density at radius 1 is 1.00 bits per heavy atom. The third-order valence-corrected chi connectivity index (χ3v) is 3.10. The smallest absolute Gasteiger partial charge is 0.335 e. The number of rotatable bonds is 5. The molecule has 2 rings (SSSR count). The van der Waals surface area contributed by atoms with Crippen molar-refractivity contribution in [2.45, 2.75) is 0 Å². The molecular weight excluding hydrogens is 316 g/mol. The fraction of sp³-hybridized carbons (Fsp3) is 0. The molecule has 5 nitrogen and oxygen atoms in total. The van der Waals surface area contributed by atoms with Gasteiger partial charge in [-0.1, -0.05) is 35.9 Å². The third kappa shape index (κ3) is 5.41. The van der Waals surface area contributed by atoms with Crippen molar-refractivity contribution in [3.63, 3.8) is 0 Å². The average molecular weight is 329 g/mol. The van der Waals surface area contributed by atoms with Crippen LogP contribution < -0.4 is 5.43 Å². The summed E-state index contributed by atoms with van der Waals surface area (Å²) in [7, 11) is 0. The molecule has 0 spiro atoms. The molecule has 0 aromatic heterocycles. The molecule has 0 aliphatic carbocycles. The lowest BCUT2D eigenvalue weighted by Gasteiger charge is -1.96. The number of carboxylic acids is 1. The minimum absolute atomic E-state index is 0.192. The first-order valence-corrected chi connectivity index (χ1v) is 7.02. The van der Waals surface area contributed by atoms with Crippen LogP contribution in [0, 0.1) is 0 Å². The van der Waals surface area contributed by atoms with Crippen molar-refractivity contribution >= 4 is 35.8 Å². The lowest BCUT2D eigenvalue weighted by molar-refractivity contribution is -0.116. The van der Waals surface area contributed by atoms with Crippen LogP contribution in [0.2, 0.25) is 5.02 Å². The van der Waals surface area contributed by atoms with Crippen molar-refractivity contribution in [2.75, 3.05) is 0 Å². The van der Waals surface area contributed by atoms with Gasteiger partial charge in [0.05, 0.1) is 11.8 Å². The summed E-state index contributed by atoms with van der Waals surface area (Å²) in [4.78, 5) is 22.3. The van der Waals surface area contributed by atoms with Crippen molar-refractivity contribution in [3.05, 3.63) is 76.3 Å². The largest absolute Gasteiger partial charge is 0.478 e. The van der Waals surface area contributed by atoms with Gasteiger partial charge in [-0.05, 0) is 41.5 Å². The molecule has 116 valence electrons. The van der Waals surface area contributed by atoms with Crippen LogP contribution in [0.25, 0.3) is 6.08 Å². The first-order chi connectivity index (χ1) is 11.0. The maximum absolute atomic E-state index is 11.6. The number of carboxylic acid groups (broad SMARTS) is 1. The first-order valence-electron chi connectivity index (χ1n) is 6.64. The van der Waals surface area contributed by atoms with Crippen LogP contribution in [0.4, 0.5) is 0 Å². The number of benzene rings is 2. The van der Waals surface area contributed by atoms with Gasteiger partial charge in [-0.3, -0.25) is 4.79 Å². The molecule has 0 heterocycles. The molecule has 0 aliphatic rings. The number of nitrogens with one attached hydrogen (secondary N) is 1. The molecule has 2 N–H and O–H groups in total. The summed E-state index contributed by atoms with van der Waals surface area (Å²) in [5.41, 5.74) is 4.07. The highest BCUT2D eigenvalue weighted by Gasteiger charge is 2.00. The summed E-state index contributed by atoms with van der Waals surface area (Å²) in [6.45, 7) is 0. The summed E-state index contributed by atoms with van der Waals surface area (Å²) in [5.74, 6) is -1.37. The number of carbonyl (C=O) groups excluding carboxylic acids is 1. The molecule has 0 fully saturated rings. The van der Waals surface area contributed by atoms with E-state index in [9.17, 15) is 9.59 Å². The molecule has 0 saturated heterocycles. The van der Waals surface area contributed by atoms with Crippen molar-refractivity contribution in [1.29, 1.82) is 0 Å². The second-order valence-corrected chi connectivity index (χ2v) is 4.98. The Morgan fingerprint density at radius 2 is 1.61 bits per heavy atom. The molecule has 0 radical (unpaired) electrons. The number of hydrogen-bond acceptors (Lipinski definition) is 3. The van der Waals surface area contributed by atoms with Crippen LogP contribution in [0.5, 0.6) is 0 Å². The van der Waals surface area contributed by atoms with Gasteiger partial charge in [-0.25, -0.2) is 10.2 Å². The van der Waals surface area contributed by atoms with Gasteiger partial charge in [0, 0.05) is 11.1 Å². The fourth-order valence-electron chi connectivity index (χ4n) is 1.67. The number of aromatic carboxylic acids is 1. The quantitative estimate of drug-likeness (QED) is 0.502. The van der Waals surface area contributed by atoms with E-state index in [0.29, 0.717) is 10.6 Å². The minimum atomic E-state index is -0.992. The molecule has 2 aromatic rings. The van der Waals surface area contributed by atoms with Gasteiger partial charge in [-0.15, -0.1) is 0 Å². The van der Waals surface area contributed by atoms with Crippen LogP contribution in [0.3, 0.4) is 0 Å². The third-order valence-electron chi connectivity index (χ3n) is 2.84. The Labute approximate surface area is 137 Å². The molecular formula is C17H13ClN2O3. The zero-order valence-electron chi connectivity index (χ0n) is 11.9. The molecule has 0 atom stereocenters. The summed E-state index contributed by atoms with van der Waals surface area (Å²) in [6, 6.07) is 13.2. The van der Waals surface area contributed by atoms with Gasteiger partial charge < -0.3 is 5.11 Å². The SMILES string of the molecule is O=C(/C=C/c1ccc(Cl)cc1)N/N=C\c1ccc(C(=O)O)cc1. The number of carbonyl (C=O) groups is 2. The highest BCUT2D eigenvalue weighted by atomic mass is 35.5. The van der Waals surface area contributed by atoms with E-state index in [1.165, 1.54) is 24.4 Å². The van der Waals surface area contributed by atoms with Crippen molar-refractivity contribution in [3.8, 4) is 0 Å². The molecule has 1 amide bonds. The number of hydrogen-bond donors (Lipinski definition) is 2. The first kappa shape index (κ1) is 16.5. The van der Waals surface area contributed by atoms with Gasteiger partial charge >= 0.3 is 5.97 Å². The molecule has 0 aliphatic heterocycles. The number of halogens is 1. The Hall–Kier alpha value is -2.92. The zero-order valence-corrected chi connectivity index (χ0v) is 12.7. The van der Waals surface area contributed by atoms with E-state index in [1.54, 1.807) is 42.5 Å². The van der Waals surface area contributed by atoms with Crippen LogP contribution in [-0.2, 0) is 4.79 Å². The van der Waals surface area contributed by atoms with Crippen molar-refractivity contribution < 1.29 is 14.7 Å². The van der Waals surface area contributed by atoms with Gasteiger partial charge in [-0.2, -0.15) is 5.10 Å². The van der Waals surface area contributed by atoms with E-state index in [1.807, 2.05) is 0 Å². The van der Waals surface area contributed by atoms with E-state index in [0.717, 1.165) is 5.56 Å². The maximum Gasteiger partial charge on any atom is 0.335 e. The molecule has 0 unspecified atom stereocenters. The van der Waals surface area contributed by atoms with Crippen LogP contribution >= 0.6 is 11.6 Å². The summed E-state index contributed by atoms with van der Waals surface area (Å²) >= 11 is 5.77. The molecule has 6 heteroatoms. The number of amides is 1. The summed E-state index contributed by atoms with van der Waals surface area (Å²) < 4.78 is 0. The Balaban J connectivity index is 1.88. The van der Waals surface area contributed by atoms with E-state index >= 15 is 0 Å². The van der Waals surface area contributed by atoms with E-state index in [2.05, 4.69) is 10.5 Å². The van der Waals surface area contributed by atoms with E-state index in [4.69, 9.17) is 16.7 Å². The van der Waals surface area contributed by atoms with Crippen LogP contribution in [0.1, 0.15) is 21.5 Å². The Bertz CT molecular complexity index is 750. The van der Waals surface area contributed by atoms with Crippen molar-refractivity contribution in [2.24, 2.45) is 5.10 Å². The zero-order chi connectivity index (χ0) is 16.7. The maximum atomic E-state index is 11.6. The van der Waals surface area contributed by atoms with E-state index in [-0.39, 0.29) is 11.5 Å². The van der Waals surface area contributed by atoms with Gasteiger partial charge in [0.2, 0.25) is 0 Å². The lowest BCUT2D eigenvalue weighted by atomic mass is 10.1. The topological polar surface area (TPSA) is 78.8 Å². The number of nitrogens with zero attached hydrogens (tertiary/aromatic N) is 1. The molecule has 0 saturated carbocycles. The standard InChI is InChI=1S/C17H13ClN2O3/c18-15-8-3-12(4-9-15)5-10-16(21)20-19-11-13-1-6-14(7-2-13)17(22)23/h1-11H,(H,20,21)(H,22,23)/b10-5+,19-11-. The molecule has 0 bridgehead atoms. The summed E-state index contributed by atoms with van der Waals surface area (Å²) in [5, 5.41) is 13.2. The second kappa shape index (κ2) is 7.91. The minimum Gasteiger partial charge on any atom is -0.478 e. The monoisotopic (exact) mass is 328 g/mol. The fourth-order valence-corrected chi connectivity index (χ4v) is 1.79. The highest BCUT2D eigenvalue weighted by molar-refractivity contribution is 6.30. The normalized spacial score (nSPS) is 11.0. The van der Waals surface area contributed by atoms with Crippen LogP contribution in [-0.4, -0.2) is 23.2 Å². The lowest BCUT2D eigenvalue weighted by Crippen LogP contribution is -2.14.